The molecular formula is C20H27Cl2NO3. The molecule has 1 aliphatic heterocycles. The molecule has 0 saturated carbocycles. The minimum absolute atomic E-state index is 0.109. The molecule has 1 aromatic rings. The summed E-state index contributed by atoms with van der Waals surface area (Å²) in [6, 6.07) is 3.54. The van der Waals surface area contributed by atoms with Gasteiger partial charge in [-0.2, -0.15) is 0 Å². The first kappa shape index (κ1) is 19.9. The van der Waals surface area contributed by atoms with E-state index < -0.39 is 11.7 Å². The van der Waals surface area contributed by atoms with Gasteiger partial charge in [0.05, 0.1) is 12.1 Å². The first-order chi connectivity index (χ1) is 12.1. The Kier molecular flexibility index (Phi) is 5.88. The number of esters is 1. The van der Waals surface area contributed by atoms with Crippen molar-refractivity contribution in [3.8, 4) is 0 Å². The molecule has 0 radical (unpaired) electrons. The zero-order valence-electron chi connectivity index (χ0n) is 15.6. The molecule has 6 heteroatoms. The standard InChI is InChI=1S/C20H27Cl2NO3/c1-20(2,3)26-18(25)7-12-5-4-6-23(11-12)19-15-8-13(21)9-16(22)14(15)10-17(19)24/h8-9,12,17,19,24H,4-7,10-11H2,1-3H3/t12-,17+,19+/m0/s1. The van der Waals surface area contributed by atoms with E-state index in [4.69, 9.17) is 27.9 Å². The van der Waals surface area contributed by atoms with E-state index in [0.29, 0.717) is 22.9 Å². The average molecular weight is 400 g/mol. The number of carbonyl (C=O) groups excluding carboxylic acids is 1. The molecule has 0 amide bonds. The van der Waals surface area contributed by atoms with Gasteiger partial charge in [-0.25, -0.2) is 0 Å². The number of halogens is 2. The summed E-state index contributed by atoms with van der Waals surface area (Å²) in [7, 11) is 0. The molecule has 2 aliphatic rings. The molecule has 0 aromatic heterocycles. The number of benzene rings is 1. The van der Waals surface area contributed by atoms with Crippen LogP contribution in [0.2, 0.25) is 10.0 Å². The Morgan fingerprint density at radius 2 is 2.08 bits per heavy atom. The third-order valence-corrected chi connectivity index (χ3v) is 5.67. The Morgan fingerprint density at radius 1 is 1.35 bits per heavy atom. The summed E-state index contributed by atoms with van der Waals surface area (Å²) in [6.45, 7) is 7.33. The molecule has 3 rings (SSSR count). The topological polar surface area (TPSA) is 49.8 Å². The van der Waals surface area contributed by atoms with Crippen molar-refractivity contribution < 1.29 is 14.6 Å². The fraction of sp³-hybridized carbons (Fsp3) is 0.650. The van der Waals surface area contributed by atoms with Gasteiger partial charge in [0.25, 0.3) is 0 Å². The second kappa shape index (κ2) is 7.67. The van der Waals surface area contributed by atoms with Gasteiger partial charge in [-0.1, -0.05) is 23.2 Å². The molecule has 1 heterocycles. The number of fused-ring (bicyclic) bond motifs is 1. The summed E-state index contributed by atoms with van der Waals surface area (Å²) in [5, 5.41) is 11.9. The molecule has 26 heavy (non-hydrogen) atoms. The highest BCUT2D eigenvalue weighted by Gasteiger charge is 2.39. The molecule has 1 aromatic carbocycles. The number of ether oxygens (including phenoxy) is 1. The van der Waals surface area contributed by atoms with Crippen LogP contribution in [0.15, 0.2) is 12.1 Å². The van der Waals surface area contributed by atoms with E-state index in [1.165, 1.54) is 0 Å². The molecule has 0 spiro atoms. The normalized spacial score (nSPS) is 26.6. The van der Waals surface area contributed by atoms with E-state index in [1.54, 1.807) is 6.07 Å². The van der Waals surface area contributed by atoms with Crippen LogP contribution in [0.1, 0.15) is 57.2 Å². The zero-order chi connectivity index (χ0) is 19.1. The van der Waals surface area contributed by atoms with Crippen LogP contribution in [0.25, 0.3) is 0 Å². The maximum Gasteiger partial charge on any atom is 0.306 e. The van der Waals surface area contributed by atoms with Gasteiger partial charge in [-0.3, -0.25) is 9.69 Å². The monoisotopic (exact) mass is 399 g/mol. The van der Waals surface area contributed by atoms with E-state index in [9.17, 15) is 9.90 Å². The Labute approximate surface area is 165 Å². The summed E-state index contributed by atoms with van der Waals surface area (Å²) in [4.78, 5) is 14.5. The molecule has 4 nitrogen and oxygen atoms in total. The van der Waals surface area contributed by atoms with Crippen LogP contribution in [0.3, 0.4) is 0 Å². The quantitative estimate of drug-likeness (QED) is 0.765. The fourth-order valence-electron chi connectivity index (χ4n) is 4.21. The lowest BCUT2D eigenvalue weighted by Gasteiger charge is -2.38. The van der Waals surface area contributed by atoms with Gasteiger partial charge in [-0.05, 0) is 69.3 Å². The maximum absolute atomic E-state index is 12.2. The lowest BCUT2D eigenvalue weighted by molar-refractivity contribution is -0.156. The lowest BCUT2D eigenvalue weighted by Crippen LogP contribution is -2.42. The minimum Gasteiger partial charge on any atom is -0.460 e. The van der Waals surface area contributed by atoms with Crippen molar-refractivity contribution in [1.82, 2.24) is 4.90 Å². The predicted octanol–water partition coefficient (Wildman–Crippen LogP) is 4.40. The first-order valence-electron chi connectivity index (χ1n) is 9.26. The highest BCUT2D eigenvalue weighted by molar-refractivity contribution is 6.35. The number of nitrogens with zero attached hydrogens (tertiary/aromatic N) is 1. The van der Waals surface area contributed by atoms with Gasteiger partial charge in [0.2, 0.25) is 0 Å². The molecule has 1 fully saturated rings. The Morgan fingerprint density at radius 3 is 2.77 bits per heavy atom. The largest absolute Gasteiger partial charge is 0.460 e. The maximum atomic E-state index is 12.2. The molecule has 1 N–H and O–H groups in total. The van der Waals surface area contributed by atoms with Crippen LogP contribution < -0.4 is 0 Å². The van der Waals surface area contributed by atoms with Gasteiger partial charge >= 0.3 is 5.97 Å². The number of aliphatic hydroxyl groups excluding tert-OH is 1. The lowest BCUT2D eigenvalue weighted by atomic mass is 9.92. The third kappa shape index (κ3) is 4.53. The van der Waals surface area contributed by atoms with Gasteiger partial charge in [0, 0.05) is 29.4 Å². The van der Waals surface area contributed by atoms with Crippen molar-refractivity contribution in [2.45, 2.75) is 64.2 Å². The van der Waals surface area contributed by atoms with Gasteiger partial charge in [0.1, 0.15) is 5.60 Å². The molecule has 0 unspecified atom stereocenters. The highest BCUT2D eigenvalue weighted by Crippen LogP contribution is 2.42. The number of likely N-dealkylation sites (tertiary alicyclic amines) is 1. The van der Waals surface area contributed by atoms with E-state index >= 15 is 0 Å². The second-order valence-electron chi connectivity index (χ2n) is 8.47. The zero-order valence-corrected chi connectivity index (χ0v) is 17.1. The van der Waals surface area contributed by atoms with Crippen LogP contribution in [-0.4, -0.2) is 40.8 Å². The van der Waals surface area contributed by atoms with Crippen LogP contribution in [-0.2, 0) is 16.0 Å². The van der Waals surface area contributed by atoms with E-state index in [2.05, 4.69) is 4.90 Å². The Balaban J connectivity index is 1.72. The minimum atomic E-state index is -0.499. The fourth-order valence-corrected chi connectivity index (χ4v) is 4.79. The SMILES string of the molecule is CC(C)(C)OC(=O)C[C@@H]1CCCN([C@@H]2c3cc(Cl)cc(Cl)c3C[C@H]2O)C1. The van der Waals surface area contributed by atoms with Crippen LogP contribution in [0.4, 0.5) is 0 Å². The van der Waals surface area contributed by atoms with E-state index in [-0.39, 0.29) is 17.9 Å². The van der Waals surface area contributed by atoms with E-state index in [0.717, 1.165) is 37.1 Å². The molecule has 144 valence electrons. The molecule has 1 aliphatic carbocycles. The van der Waals surface area contributed by atoms with Crippen molar-refractivity contribution in [3.05, 3.63) is 33.3 Å². The predicted molar refractivity (Wildman–Crippen MR) is 104 cm³/mol. The highest BCUT2D eigenvalue weighted by atomic mass is 35.5. The summed E-state index contributed by atoms with van der Waals surface area (Å²) in [6.07, 6.45) is 2.46. The Bertz CT molecular complexity index is 686. The average Bonchev–Trinajstić information content (AvgIpc) is 2.82. The second-order valence-corrected chi connectivity index (χ2v) is 9.31. The van der Waals surface area contributed by atoms with Crippen molar-refractivity contribution in [1.29, 1.82) is 0 Å². The van der Waals surface area contributed by atoms with Crippen molar-refractivity contribution in [3.63, 3.8) is 0 Å². The molecule has 0 bridgehead atoms. The molecular weight excluding hydrogens is 373 g/mol. The summed E-state index contributed by atoms with van der Waals surface area (Å²) < 4.78 is 5.47. The molecule has 3 atom stereocenters. The van der Waals surface area contributed by atoms with Crippen LogP contribution >= 0.6 is 23.2 Å². The number of hydrogen-bond donors (Lipinski definition) is 1. The van der Waals surface area contributed by atoms with E-state index in [1.807, 2.05) is 26.8 Å². The Hall–Kier alpha value is -0.810. The number of aliphatic hydroxyl groups is 1. The van der Waals surface area contributed by atoms with Gasteiger partial charge in [-0.15, -0.1) is 0 Å². The summed E-state index contributed by atoms with van der Waals surface area (Å²) in [5.41, 5.74) is 1.55. The number of hydrogen-bond acceptors (Lipinski definition) is 4. The van der Waals surface area contributed by atoms with Crippen LogP contribution in [0.5, 0.6) is 0 Å². The number of rotatable bonds is 3. The number of carbonyl (C=O) groups is 1. The third-order valence-electron chi connectivity index (χ3n) is 5.11. The van der Waals surface area contributed by atoms with Gasteiger partial charge in [0.15, 0.2) is 0 Å². The van der Waals surface area contributed by atoms with Gasteiger partial charge < -0.3 is 9.84 Å². The van der Waals surface area contributed by atoms with Crippen molar-refractivity contribution in [2.75, 3.05) is 13.1 Å². The molecule has 1 saturated heterocycles. The smallest absolute Gasteiger partial charge is 0.306 e. The summed E-state index contributed by atoms with van der Waals surface area (Å²) in [5.74, 6) is 0.0901. The first-order valence-corrected chi connectivity index (χ1v) is 10.0. The number of piperidine rings is 1. The van der Waals surface area contributed by atoms with Crippen molar-refractivity contribution in [2.24, 2.45) is 5.92 Å². The van der Waals surface area contributed by atoms with Crippen molar-refractivity contribution >= 4 is 29.2 Å². The van der Waals surface area contributed by atoms with Crippen LogP contribution in [0, 0.1) is 5.92 Å². The summed E-state index contributed by atoms with van der Waals surface area (Å²) >= 11 is 12.5.